The molecule has 0 saturated heterocycles. The van der Waals surface area contributed by atoms with E-state index in [1.165, 1.54) is 12.1 Å². The molecule has 2 atom stereocenters. The van der Waals surface area contributed by atoms with Gasteiger partial charge in [-0.2, -0.15) is 5.10 Å². The Kier molecular flexibility index (Phi) is 9.97. The molecule has 0 radical (unpaired) electrons. The second kappa shape index (κ2) is 12.4. The molecule has 1 aliphatic heterocycles. The third-order valence-electron chi connectivity index (χ3n) is 5.76. The van der Waals surface area contributed by atoms with Crippen molar-refractivity contribution >= 4 is 17.3 Å². The van der Waals surface area contributed by atoms with Crippen LogP contribution < -0.4 is 10.3 Å². The molecule has 1 amide bonds. The van der Waals surface area contributed by atoms with Crippen LogP contribution in [0.4, 0.5) is 14.5 Å². The van der Waals surface area contributed by atoms with E-state index in [0.717, 1.165) is 24.6 Å². The number of nitrogens with one attached hydrogen (secondary N) is 1. The Morgan fingerprint density at radius 3 is 2.48 bits per heavy atom. The SMILES string of the molecule is CC.CCCCC1C(c2ccc(F)cc2F)=NN(c2ccccc2)C1(C)C(=O)NCCOC. The zero-order valence-corrected chi connectivity index (χ0v) is 20.2. The normalized spacial score (nSPS) is 19.5. The van der Waals surface area contributed by atoms with E-state index in [9.17, 15) is 13.6 Å². The summed E-state index contributed by atoms with van der Waals surface area (Å²) in [7, 11) is 1.57. The summed E-state index contributed by atoms with van der Waals surface area (Å²) < 4.78 is 33.4. The number of amides is 1. The number of halogens is 2. The molecule has 1 N–H and O–H groups in total. The van der Waals surface area contributed by atoms with Gasteiger partial charge in [-0.25, -0.2) is 13.8 Å². The minimum atomic E-state index is -1.08. The van der Waals surface area contributed by atoms with E-state index in [0.29, 0.717) is 25.3 Å². The van der Waals surface area contributed by atoms with Crippen LogP contribution in [0.25, 0.3) is 0 Å². The van der Waals surface area contributed by atoms with E-state index >= 15 is 0 Å². The third-order valence-corrected chi connectivity index (χ3v) is 5.76. The van der Waals surface area contributed by atoms with E-state index in [1.54, 1.807) is 12.1 Å². The van der Waals surface area contributed by atoms with Crippen molar-refractivity contribution in [3.8, 4) is 0 Å². The average molecular weight is 460 g/mol. The number of nitrogens with zero attached hydrogens (tertiary/aromatic N) is 2. The fourth-order valence-corrected chi connectivity index (χ4v) is 4.06. The lowest BCUT2D eigenvalue weighted by Crippen LogP contribution is -2.58. The van der Waals surface area contributed by atoms with Gasteiger partial charge < -0.3 is 10.1 Å². The van der Waals surface area contributed by atoms with Crippen molar-refractivity contribution in [2.24, 2.45) is 11.0 Å². The molecule has 0 aromatic heterocycles. The number of carbonyl (C=O) groups excluding carboxylic acids is 1. The van der Waals surface area contributed by atoms with Crippen LogP contribution in [-0.4, -0.2) is 37.4 Å². The number of para-hydroxylation sites is 1. The number of hydrogen-bond acceptors (Lipinski definition) is 4. The lowest BCUT2D eigenvalue weighted by molar-refractivity contribution is -0.127. The zero-order chi connectivity index (χ0) is 24.4. The van der Waals surface area contributed by atoms with Crippen LogP contribution >= 0.6 is 0 Å². The molecule has 5 nitrogen and oxygen atoms in total. The monoisotopic (exact) mass is 459 g/mol. The summed E-state index contributed by atoms with van der Waals surface area (Å²) in [5, 5.41) is 9.36. The van der Waals surface area contributed by atoms with Crippen molar-refractivity contribution in [3.63, 3.8) is 0 Å². The highest BCUT2D eigenvalue weighted by Gasteiger charge is 2.53. The Morgan fingerprint density at radius 1 is 1.18 bits per heavy atom. The van der Waals surface area contributed by atoms with Gasteiger partial charge in [0.25, 0.3) is 0 Å². The Labute approximate surface area is 195 Å². The first kappa shape index (κ1) is 26.5. The fourth-order valence-electron chi connectivity index (χ4n) is 4.06. The number of benzene rings is 2. The summed E-state index contributed by atoms with van der Waals surface area (Å²) in [6, 6.07) is 12.8. The first-order chi connectivity index (χ1) is 15.9. The first-order valence-electron chi connectivity index (χ1n) is 11.6. The van der Waals surface area contributed by atoms with E-state index in [1.807, 2.05) is 51.1 Å². The number of rotatable bonds is 9. The maximum absolute atomic E-state index is 14.8. The third kappa shape index (κ3) is 5.77. The summed E-state index contributed by atoms with van der Waals surface area (Å²) in [5.41, 5.74) is 0.322. The number of methoxy groups -OCH3 is 1. The van der Waals surface area contributed by atoms with Crippen molar-refractivity contribution in [1.82, 2.24) is 5.32 Å². The molecule has 1 heterocycles. The molecule has 2 aromatic rings. The van der Waals surface area contributed by atoms with Crippen molar-refractivity contribution < 1.29 is 18.3 Å². The van der Waals surface area contributed by atoms with Gasteiger partial charge in [-0.05, 0) is 37.6 Å². The van der Waals surface area contributed by atoms with Gasteiger partial charge in [0.15, 0.2) is 0 Å². The summed E-state index contributed by atoms with van der Waals surface area (Å²) in [4.78, 5) is 13.5. The number of unbranched alkanes of at least 4 members (excludes halogenated alkanes) is 1. The van der Waals surface area contributed by atoms with Crippen LogP contribution in [0.15, 0.2) is 53.6 Å². The summed E-state index contributed by atoms with van der Waals surface area (Å²) in [5.74, 6) is -1.92. The van der Waals surface area contributed by atoms with Crippen LogP contribution in [0.1, 0.15) is 52.5 Å². The van der Waals surface area contributed by atoms with Crippen molar-refractivity contribution in [3.05, 3.63) is 65.7 Å². The van der Waals surface area contributed by atoms with Gasteiger partial charge in [-0.1, -0.05) is 51.8 Å². The average Bonchev–Trinajstić information content (AvgIpc) is 3.12. The predicted molar refractivity (Wildman–Crippen MR) is 129 cm³/mol. The van der Waals surface area contributed by atoms with Crippen LogP contribution in [0.2, 0.25) is 0 Å². The molecule has 0 fully saturated rings. The molecule has 2 unspecified atom stereocenters. The Bertz CT molecular complexity index is 936. The van der Waals surface area contributed by atoms with Gasteiger partial charge >= 0.3 is 0 Å². The summed E-state index contributed by atoms with van der Waals surface area (Å²) >= 11 is 0. The standard InChI is InChI=1S/C24H29F2N3O2.C2H6/c1-4-5-11-20-22(19-13-12-17(25)16-21(19)26)28-29(18-9-7-6-8-10-18)24(20,2)23(30)27-14-15-31-3;1-2/h6-10,12-13,16,20H,4-5,11,14-15H2,1-3H3,(H,27,30);1-2H3. The number of hydrazone groups is 1. The minimum Gasteiger partial charge on any atom is -0.383 e. The Balaban J connectivity index is 0.00000187. The second-order valence-corrected chi connectivity index (χ2v) is 7.85. The summed E-state index contributed by atoms with van der Waals surface area (Å²) in [6.07, 6.45) is 2.40. The van der Waals surface area contributed by atoms with Gasteiger partial charge in [-0.3, -0.25) is 4.79 Å². The smallest absolute Gasteiger partial charge is 0.248 e. The van der Waals surface area contributed by atoms with Gasteiger partial charge in [0.2, 0.25) is 5.91 Å². The molecule has 7 heteroatoms. The molecular weight excluding hydrogens is 424 g/mol. The highest BCUT2D eigenvalue weighted by Crippen LogP contribution is 2.42. The lowest BCUT2D eigenvalue weighted by atomic mass is 9.76. The second-order valence-electron chi connectivity index (χ2n) is 7.85. The van der Waals surface area contributed by atoms with E-state index in [4.69, 9.17) is 9.84 Å². The van der Waals surface area contributed by atoms with Crippen LogP contribution in [0.3, 0.4) is 0 Å². The highest BCUT2D eigenvalue weighted by molar-refractivity contribution is 6.10. The van der Waals surface area contributed by atoms with Crippen LogP contribution in [-0.2, 0) is 9.53 Å². The first-order valence-corrected chi connectivity index (χ1v) is 11.6. The molecule has 0 saturated carbocycles. The molecule has 0 spiro atoms. The van der Waals surface area contributed by atoms with Gasteiger partial charge in [-0.15, -0.1) is 0 Å². The highest BCUT2D eigenvalue weighted by atomic mass is 19.1. The maximum Gasteiger partial charge on any atom is 0.248 e. The molecule has 3 rings (SSSR count). The van der Waals surface area contributed by atoms with Gasteiger partial charge in [0.05, 0.1) is 18.0 Å². The fraction of sp³-hybridized carbons (Fsp3) is 0.462. The number of carbonyl (C=O) groups is 1. The molecular formula is C26H35F2N3O2. The van der Waals surface area contributed by atoms with Crippen LogP contribution in [0, 0.1) is 17.6 Å². The molecule has 0 bridgehead atoms. The number of hydrogen-bond donors (Lipinski definition) is 1. The van der Waals surface area contributed by atoms with Crippen molar-refractivity contribution in [1.29, 1.82) is 0 Å². The van der Waals surface area contributed by atoms with Gasteiger partial charge in [0, 0.05) is 31.2 Å². The Hall–Kier alpha value is -2.80. The predicted octanol–water partition coefficient (Wildman–Crippen LogP) is 5.54. The summed E-state index contributed by atoms with van der Waals surface area (Å²) in [6.45, 7) is 8.64. The van der Waals surface area contributed by atoms with E-state index < -0.39 is 17.2 Å². The molecule has 0 aliphatic carbocycles. The van der Waals surface area contributed by atoms with E-state index in [2.05, 4.69) is 12.2 Å². The van der Waals surface area contributed by atoms with Crippen molar-refractivity contribution in [2.75, 3.05) is 25.3 Å². The van der Waals surface area contributed by atoms with E-state index in [-0.39, 0.29) is 17.4 Å². The molecule has 2 aromatic carbocycles. The molecule has 180 valence electrons. The van der Waals surface area contributed by atoms with Crippen molar-refractivity contribution in [2.45, 2.75) is 52.5 Å². The zero-order valence-electron chi connectivity index (χ0n) is 20.2. The van der Waals surface area contributed by atoms with Gasteiger partial charge in [0.1, 0.15) is 17.2 Å². The lowest BCUT2D eigenvalue weighted by Gasteiger charge is -2.37. The molecule has 1 aliphatic rings. The topological polar surface area (TPSA) is 53.9 Å². The van der Waals surface area contributed by atoms with Crippen LogP contribution in [0.5, 0.6) is 0 Å². The Morgan fingerprint density at radius 2 is 1.88 bits per heavy atom. The quantitative estimate of drug-likeness (QED) is 0.501. The molecule has 33 heavy (non-hydrogen) atoms. The maximum atomic E-state index is 14.8. The number of ether oxygens (including phenoxy) is 1. The number of anilines is 1. The minimum absolute atomic E-state index is 0.212. The largest absolute Gasteiger partial charge is 0.383 e.